The number of carbonyl (C=O) groups is 1. The van der Waals surface area contributed by atoms with Crippen LogP contribution in [0.2, 0.25) is 0 Å². The van der Waals surface area contributed by atoms with Crippen LogP contribution in [0.3, 0.4) is 0 Å². The Hall–Kier alpha value is -3.35. The summed E-state index contributed by atoms with van der Waals surface area (Å²) in [5.41, 5.74) is 1.91. The van der Waals surface area contributed by atoms with Crippen LogP contribution in [-0.4, -0.2) is 17.7 Å². The largest absolute Gasteiger partial charge is 0.457 e. The number of nitrogens with zero attached hydrogens (tertiary/aromatic N) is 1. The minimum Gasteiger partial charge on any atom is -0.457 e. The van der Waals surface area contributed by atoms with Gasteiger partial charge < -0.3 is 14.2 Å². The lowest BCUT2D eigenvalue weighted by atomic mass is 9.95. The minimum absolute atomic E-state index is 0.0781. The summed E-state index contributed by atoms with van der Waals surface area (Å²) in [4.78, 5) is 22.9. The highest BCUT2D eigenvalue weighted by Crippen LogP contribution is 2.40. The van der Waals surface area contributed by atoms with E-state index in [9.17, 15) is 14.9 Å². The molecule has 0 radical (unpaired) electrons. The number of carbonyl (C=O) groups excluding carboxylic acids is 1. The molecule has 0 aromatic heterocycles. The number of benzene rings is 2. The van der Waals surface area contributed by atoms with E-state index < -0.39 is 10.9 Å². The molecule has 2 aromatic carbocycles. The molecule has 120 valence electrons. The second kappa shape index (κ2) is 5.38. The highest BCUT2D eigenvalue weighted by atomic mass is 16.7. The average molecular weight is 325 g/mol. The molecular formula is C17H11NO6. The molecule has 2 aliphatic rings. The number of hydrogen-bond acceptors (Lipinski definition) is 6. The zero-order chi connectivity index (χ0) is 16.7. The fourth-order valence-electron chi connectivity index (χ4n) is 2.75. The van der Waals surface area contributed by atoms with Crippen LogP contribution in [0.15, 0.2) is 36.4 Å². The van der Waals surface area contributed by atoms with Crippen molar-refractivity contribution in [3.05, 3.63) is 63.2 Å². The van der Waals surface area contributed by atoms with E-state index >= 15 is 0 Å². The summed E-state index contributed by atoms with van der Waals surface area (Å²) >= 11 is 0. The van der Waals surface area contributed by atoms with Crippen molar-refractivity contribution in [3.8, 4) is 11.5 Å². The van der Waals surface area contributed by atoms with E-state index in [0.717, 1.165) is 5.56 Å². The highest BCUT2D eigenvalue weighted by Gasteiger charge is 2.28. The van der Waals surface area contributed by atoms with Gasteiger partial charge in [-0.1, -0.05) is 12.1 Å². The van der Waals surface area contributed by atoms with Crippen molar-refractivity contribution in [3.63, 3.8) is 0 Å². The van der Waals surface area contributed by atoms with Crippen LogP contribution in [0.5, 0.6) is 11.5 Å². The molecule has 7 nitrogen and oxygen atoms in total. The molecule has 0 aliphatic carbocycles. The van der Waals surface area contributed by atoms with E-state index in [4.69, 9.17) is 14.2 Å². The summed E-state index contributed by atoms with van der Waals surface area (Å²) in [6.07, 6.45) is 1.47. The van der Waals surface area contributed by atoms with Crippen LogP contribution in [-0.2, 0) is 16.1 Å². The summed E-state index contributed by atoms with van der Waals surface area (Å²) < 4.78 is 15.9. The van der Waals surface area contributed by atoms with Crippen molar-refractivity contribution in [2.45, 2.75) is 6.61 Å². The maximum atomic E-state index is 12.2. The predicted octanol–water partition coefficient (Wildman–Crippen LogP) is 2.92. The quantitative estimate of drug-likeness (QED) is 0.365. The molecule has 2 heterocycles. The smallest absolute Gasteiger partial charge is 0.339 e. The van der Waals surface area contributed by atoms with Crippen molar-refractivity contribution >= 4 is 23.3 Å². The lowest BCUT2D eigenvalue weighted by Crippen LogP contribution is -2.15. The van der Waals surface area contributed by atoms with Gasteiger partial charge in [-0.3, -0.25) is 10.1 Å². The Bertz CT molecular complexity index is 902. The number of rotatable bonds is 2. The Morgan fingerprint density at radius 1 is 1.08 bits per heavy atom. The number of fused-ring (bicyclic) bond motifs is 2. The first kappa shape index (κ1) is 14.3. The number of ether oxygens (including phenoxy) is 3. The normalized spacial score (nSPS) is 16.7. The molecule has 0 amide bonds. The van der Waals surface area contributed by atoms with Gasteiger partial charge in [-0.25, -0.2) is 4.79 Å². The van der Waals surface area contributed by atoms with Gasteiger partial charge in [0.25, 0.3) is 5.69 Å². The van der Waals surface area contributed by atoms with Crippen LogP contribution in [0.1, 0.15) is 16.7 Å². The first-order valence-corrected chi connectivity index (χ1v) is 7.18. The van der Waals surface area contributed by atoms with Gasteiger partial charge in [-0.15, -0.1) is 0 Å². The fourth-order valence-corrected chi connectivity index (χ4v) is 2.75. The molecule has 0 N–H and O–H groups in total. The van der Waals surface area contributed by atoms with E-state index in [1.165, 1.54) is 12.1 Å². The summed E-state index contributed by atoms with van der Waals surface area (Å²) in [5.74, 6) is 0.605. The number of esters is 1. The number of hydrogen-bond donors (Lipinski definition) is 0. The highest BCUT2D eigenvalue weighted by molar-refractivity contribution is 6.23. The Kier molecular flexibility index (Phi) is 3.19. The summed E-state index contributed by atoms with van der Waals surface area (Å²) in [6, 6.07) is 9.69. The van der Waals surface area contributed by atoms with Crippen molar-refractivity contribution in [2.75, 3.05) is 6.79 Å². The summed E-state index contributed by atoms with van der Waals surface area (Å²) in [6.45, 7) is 0.245. The molecular weight excluding hydrogens is 314 g/mol. The first-order valence-electron chi connectivity index (χ1n) is 7.18. The van der Waals surface area contributed by atoms with Crippen LogP contribution >= 0.6 is 0 Å². The van der Waals surface area contributed by atoms with Gasteiger partial charge in [0.1, 0.15) is 6.61 Å². The van der Waals surface area contributed by atoms with Gasteiger partial charge in [0, 0.05) is 11.6 Å². The standard InChI is InChI=1S/C17H11NO6/c19-17-13(5-10-3-1-2-4-14(10)18(20)21)12-7-16-15(23-9-24-16)6-11(12)8-22-17/h1-7H,8-9H2/b13-5+. The van der Waals surface area contributed by atoms with Gasteiger partial charge in [0.15, 0.2) is 11.5 Å². The average Bonchev–Trinajstić information content (AvgIpc) is 3.03. The van der Waals surface area contributed by atoms with Crippen LogP contribution in [0.25, 0.3) is 11.6 Å². The third-order valence-electron chi connectivity index (χ3n) is 3.90. The maximum Gasteiger partial charge on any atom is 0.339 e. The van der Waals surface area contributed by atoms with E-state index in [-0.39, 0.29) is 24.7 Å². The maximum absolute atomic E-state index is 12.2. The number of nitro benzene ring substituents is 1. The van der Waals surface area contributed by atoms with Gasteiger partial charge in [-0.05, 0) is 29.8 Å². The predicted molar refractivity (Wildman–Crippen MR) is 83.3 cm³/mol. The lowest BCUT2D eigenvalue weighted by molar-refractivity contribution is -0.385. The summed E-state index contributed by atoms with van der Waals surface area (Å²) in [5, 5.41) is 11.2. The molecule has 0 fully saturated rings. The summed E-state index contributed by atoms with van der Waals surface area (Å²) in [7, 11) is 0. The molecule has 0 saturated heterocycles. The van der Waals surface area contributed by atoms with E-state index in [1.54, 1.807) is 30.3 Å². The molecule has 0 bridgehead atoms. The van der Waals surface area contributed by atoms with E-state index in [0.29, 0.717) is 22.6 Å². The van der Waals surface area contributed by atoms with Gasteiger partial charge in [0.05, 0.1) is 16.1 Å². The third kappa shape index (κ3) is 2.26. The molecule has 7 heteroatoms. The molecule has 0 atom stereocenters. The van der Waals surface area contributed by atoms with Crippen LogP contribution in [0.4, 0.5) is 5.69 Å². The monoisotopic (exact) mass is 325 g/mol. The zero-order valence-electron chi connectivity index (χ0n) is 12.4. The molecule has 0 saturated carbocycles. The second-order valence-electron chi connectivity index (χ2n) is 5.31. The van der Waals surface area contributed by atoms with E-state index in [1.807, 2.05) is 0 Å². The molecule has 24 heavy (non-hydrogen) atoms. The van der Waals surface area contributed by atoms with Crippen molar-refractivity contribution in [2.24, 2.45) is 0 Å². The first-order chi connectivity index (χ1) is 11.6. The van der Waals surface area contributed by atoms with Gasteiger partial charge in [-0.2, -0.15) is 0 Å². The third-order valence-corrected chi connectivity index (χ3v) is 3.90. The van der Waals surface area contributed by atoms with Crippen molar-refractivity contribution < 1.29 is 23.9 Å². The van der Waals surface area contributed by atoms with Crippen LogP contribution in [0, 0.1) is 10.1 Å². The number of cyclic esters (lactones) is 1. The Morgan fingerprint density at radius 2 is 1.83 bits per heavy atom. The fraction of sp³-hybridized carbons (Fsp3) is 0.118. The topological polar surface area (TPSA) is 87.9 Å². The number of para-hydroxylation sites is 1. The molecule has 2 aliphatic heterocycles. The molecule has 2 aromatic rings. The van der Waals surface area contributed by atoms with E-state index in [2.05, 4.69) is 0 Å². The van der Waals surface area contributed by atoms with Crippen LogP contribution < -0.4 is 9.47 Å². The van der Waals surface area contributed by atoms with Gasteiger partial charge >= 0.3 is 5.97 Å². The zero-order valence-corrected chi connectivity index (χ0v) is 12.4. The minimum atomic E-state index is -0.528. The Labute approximate surface area is 136 Å². The Morgan fingerprint density at radius 3 is 2.62 bits per heavy atom. The molecule has 0 spiro atoms. The van der Waals surface area contributed by atoms with Crippen molar-refractivity contribution in [1.29, 1.82) is 0 Å². The van der Waals surface area contributed by atoms with Crippen molar-refractivity contribution in [1.82, 2.24) is 0 Å². The Balaban J connectivity index is 1.88. The molecule has 0 unspecified atom stereocenters. The lowest BCUT2D eigenvalue weighted by Gasteiger charge is -2.19. The molecule has 4 rings (SSSR count). The number of nitro groups is 1. The SMILES string of the molecule is O=C1OCc2cc3c(cc2/C1=C\c1ccccc1[N+](=O)[O-])OCO3. The van der Waals surface area contributed by atoms with Gasteiger partial charge in [0.2, 0.25) is 6.79 Å². The second-order valence-corrected chi connectivity index (χ2v) is 5.31.